The fraction of sp³-hybridized carbons (Fsp3) is 0.0769. The average molecular weight is 420 g/mol. The number of hydrogen-bond donors (Lipinski definition) is 3. The molecular weight excluding hydrogens is 409 g/mol. The van der Waals surface area contributed by atoms with E-state index in [1.165, 1.54) is 18.4 Å². The summed E-state index contributed by atoms with van der Waals surface area (Å²) < 4.78 is 27.4. The standard InChI is InChI=1S/C13H11AsClNO6S/c1-7(17)16-11-5-9(18)2-3-10(11)14(20,21)22-13(19)8-4-12(15)23-6-8/h2-6,18H,1H3,(H,16,17)(H,20,21). The monoisotopic (exact) mass is 419 g/mol. The number of aromatic hydroxyl groups is 1. The number of hydrogen-bond acceptors (Lipinski definition) is 6. The van der Waals surface area contributed by atoms with E-state index in [0.717, 1.165) is 29.5 Å². The summed E-state index contributed by atoms with van der Waals surface area (Å²) in [5.74, 6) is -1.73. The molecule has 1 aromatic heterocycles. The van der Waals surface area contributed by atoms with Crippen LogP contribution in [0.4, 0.5) is 5.69 Å². The molecule has 0 bridgehead atoms. The van der Waals surface area contributed by atoms with Gasteiger partial charge in [0, 0.05) is 0 Å². The molecule has 1 atom stereocenters. The fourth-order valence-electron chi connectivity index (χ4n) is 1.69. The van der Waals surface area contributed by atoms with Gasteiger partial charge in [-0.05, 0) is 0 Å². The van der Waals surface area contributed by atoms with Crippen molar-refractivity contribution in [3.63, 3.8) is 0 Å². The number of phenolic OH excluding ortho intramolecular Hbond substituents is 1. The third-order valence-corrected chi connectivity index (χ3v) is 6.66. The number of halogens is 1. The molecule has 0 spiro atoms. The molecule has 2 aromatic rings. The van der Waals surface area contributed by atoms with Crippen LogP contribution in [-0.2, 0) is 12.3 Å². The second-order valence-corrected chi connectivity index (χ2v) is 9.54. The number of thiophene rings is 1. The summed E-state index contributed by atoms with van der Waals surface area (Å²) in [7, 11) is 0. The summed E-state index contributed by atoms with van der Waals surface area (Å²) in [6, 6.07) is 4.68. The molecule has 0 saturated heterocycles. The van der Waals surface area contributed by atoms with E-state index in [-0.39, 0.29) is 21.4 Å². The van der Waals surface area contributed by atoms with E-state index in [1.807, 2.05) is 0 Å². The van der Waals surface area contributed by atoms with Gasteiger partial charge in [0.05, 0.1) is 0 Å². The molecule has 23 heavy (non-hydrogen) atoms. The minimum atomic E-state index is -5.31. The SMILES string of the molecule is CC(=O)Nc1cc(O)ccc1[As](=O)(O)OC(=O)c1csc(Cl)c1. The Hall–Kier alpha value is -1.73. The number of benzene rings is 1. The summed E-state index contributed by atoms with van der Waals surface area (Å²) in [5, 5.41) is 13.1. The van der Waals surface area contributed by atoms with Crippen LogP contribution in [-0.4, -0.2) is 35.3 Å². The number of amides is 1. The second-order valence-electron chi connectivity index (χ2n) is 4.42. The Morgan fingerprint density at radius 2 is 2.04 bits per heavy atom. The van der Waals surface area contributed by atoms with Crippen LogP contribution < -0.4 is 9.67 Å². The first-order chi connectivity index (χ1) is 10.7. The van der Waals surface area contributed by atoms with E-state index >= 15 is 0 Å². The zero-order valence-corrected chi connectivity index (χ0v) is 15.1. The van der Waals surface area contributed by atoms with E-state index in [1.54, 1.807) is 0 Å². The van der Waals surface area contributed by atoms with Crippen molar-refractivity contribution in [3.05, 3.63) is 39.5 Å². The molecule has 1 amide bonds. The van der Waals surface area contributed by atoms with Crippen LogP contribution in [0.15, 0.2) is 29.6 Å². The van der Waals surface area contributed by atoms with Crippen LogP contribution in [0.1, 0.15) is 17.3 Å². The first kappa shape index (κ1) is 17.6. The van der Waals surface area contributed by atoms with Crippen LogP contribution in [0, 0.1) is 0 Å². The summed E-state index contributed by atoms with van der Waals surface area (Å²) >= 11 is 1.47. The van der Waals surface area contributed by atoms with Crippen molar-refractivity contribution in [2.24, 2.45) is 0 Å². The molecule has 1 heterocycles. The molecule has 1 unspecified atom stereocenters. The molecule has 2 rings (SSSR count). The molecule has 1 aromatic carbocycles. The van der Waals surface area contributed by atoms with Crippen LogP contribution in [0.5, 0.6) is 5.75 Å². The first-order valence-corrected chi connectivity index (χ1v) is 10.7. The molecule has 0 aliphatic carbocycles. The Morgan fingerprint density at radius 1 is 1.35 bits per heavy atom. The fourth-order valence-corrected chi connectivity index (χ4v) is 4.88. The predicted molar refractivity (Wildman–Crippen MR) is 85.4 cm³/mol. The van der Waals surface area contributed by atoms with Crippen molar-refractivity contribution in [2.75, 3.05) is 5.32 Å². The Kier molecular flexibility index (Phi) is 5.21. The average Bonchev–Trinajstić information content (AvgIpc) is 2.84. The maximum absolute atomic E-state index is 12.4. The second kappa shape index (κ2) is 6.80. The number of carbonyl (C=O) groups excluding carboxylic acids is 2. The van der Waals surface area contributed by atoms with Crippen molar-refractivity contribution in [1.29, 1.82) is 0 Å². The van der Waals surface area contributed by atoms with Crippen molar-refractivity contribution in [2.45, 2.75) is 6.92 Å². The summed E-state index contributed by atoms with van der Waals surface area (Å²) in [6.45, 7) is 1.20. The summed E-state index contributed by atoms with van der Waals surface area (Å²) in [6.07, 6.45) is 0. The molecule has 0 aliphatic heterocycles. The van der Waals surface area contributed by atoms with Gasteiger partial charge < -0.3 is 0 Å². The van der Waals surface area contributed by atoms with Gasteiger partial charge in [0.1, 0.15) is 0 Å². The van der Waals surface area contributed by atoms with E-state index in [2.05, 4.69) is 5.32 Å². The van der Waals surface area contributed by atoms with Gasteiger partial charge in [-0.2, -0.15) is 0 Å². The van der Waals surface area contributed by atoms with E-state index in [4.69, 9.17) is 15.3 Å². The zero-order chi connectivity index (χ0) is 17.2. The molecule has 3 N–H and O–H groups in total. The van der Waals surface area contributed by atoms with Gasteiger partial charge in [-0.1, -0.05) is 0 Å². The number of phenols is 1. The van der Waals surface area contributed by atoms with Gasteiger partial charge in [0.15, 0.2) is 0 Å². The van der Waals surface area contributed by atoms with Crippen molar-refractivity contribution < 1.29 is 26.3 Å². The number of rotatable bonds is 4. The predicted octanol–water partition coefficient (Wildman–Crippen LogP) is 1.49. The number of carbonyl (C=O) groups is 2. The first-order valence-electron chi connectivity index (χ1n) is 6.11. The molecule has 0 radical (unpaired) electrons. The van der Waals surface area contributed by atoms with E-state index < -0.39 is 26.0 Å². The topological polar surface area (TPSA) is 113 Å². The number of anilines is 1. The number of nitrogens with one attached hydrogen (secondary N) is 1. The quantitative estimate of drug-likeness (QED) is 0.647. The van der Waals surface area contributed by atoms with Crippen LogP contribution in [0.25, 0.3) is 0 Å². The summed E-state index contributed by atoms with van der Waals surface area (Å²) in [5.41, 5.74) is -0.0470. The van der Waals surface area contributed by atoms with Crippen molar-refractivity contribution in [1.82, 2.24) is 0 Å². The molecule has 0 saturated carbocycles. The van der Waals surface area contributed by atoms with Gasteiger partial charge in [-0.15, -0.1) is 0 Å². The molecular formula is C13H11AsClNO6S. The zero-order valence-electron chi connectivity index (χ0n) is 11.6. The van der Waals surface area contributed by atoms with Crippen molar-refractivity contribution >= 4 is 59.0 Å². The Labute approximate surface area is 142 Å². The maximum atomic E-state index is 12.4. The molecule has 0 fully saturated rings. The van der Waals surface area contributed by atoms with E-state index in [0.29, 0.717) is 4.34 Å². The van der Waals surface area contributed by atoms with Gasteiger partial charge >= 0.3 is 143 Å². The van der Waals surface area contributed by atoms with Gasteiger partial charge in [0.25, 0.3) is 0 Å². The van der Waals surface area contributed by atoms with Crippen molar-refractivity contribution in [3.8, 4) is 5.75 Å². The molecule has 0 aliphatic rings. The molecule has 7 nitrogen and oxygen atoms in total. The molecule has 10 heteroatoms. The Balaban J connectivity index is 2.33. The minimum absolute atomic E-state index is 0.0514. The van der Waals surface area contributed by atoms with Gasteiger partial charge in [-0.3, -0.25) is 0 Å². The van der Waals surface area contributed by atoms with Crippen LogP contribution in [0.2, 0.25) is 4.34 Å². The van der Waals surface area contributed by atoms with Crippen LogP contribution in [0.3, 0.4) is 0 Å². The van der Waals surface area contributed by atoms with E-state index in [9.17, 15) is 22.5 Å². The van der Waals surface area contributed by atoms with Crippen LogP contribution >= 0.6 is 22.9 Å². The van der Waals surface area contributed by atoms with Gasteiger partial charge in [-0.25, -0.2) is 0 Å². The normalized spacial score (nSPS) is 13.2. The summed E-state index contributed by atoms with van der Waals surface area (Å²) in [4.78, 5) is 23.1. The Bertz CT molecular complexity index is 821. The van der Waals surface area contributed by atoms with Gasteiger partial charge in [0.2, 0.25) is 0 Å². The molecule has 122 valence electrons. The third-order valence-electron chi connectivity index (χ3n) is 2.61. The Morgan fingerprint density at radius 3 is 2.61 bits per heavy atom. The third kappa shape index (κ3) is 4.39.